The molecule has 2 aliphatic rings. The van der Waals surface area contributed by atoms with Gasteiger partial charge in [0.05, 0.1) is 6.61 Å². The van der Waals surface area contributed by atoms with Crippen LogP contribution >= 0.6 is 0 Å². The van der Waals surface area contributed by atoms with Crippen LogP contribution in [0.4, 0.5) is 39.5 Å². The van der Waals surface area contributed by atoms with E-state index < -0.39 is 56.5 Å². The minimum absolute atomic E-state index is 0.297. The van der Waals surface area contributed by atoms with Gasteiger partial charge in [-0.2, -0.15) is 47.9 Å². The Hall–Kier alpha value is -2.26. The SMILES string of the molecule is C[C@@]12C=C[C@@](C)(O1)[C@H](OCc1ccccc1)C(OS(=O)(=O)C(F)(F)C(F)(F)C(F)(F)C(F)(F)F)=C2. The summed E-state index contributed by atoms with van der Waals surface area (Å²) in [6.45, 7) is 2.30. The van der Waals surface area contributed by atoms with Crippen LogP contribution in [0.25, 0.3) is 0 Å². The van der Waals surface area contributed by atoms with E-state index in [0.29, 0.717) is 5.56 Å². The van der Waals surface area contributed by atoms with Gasteiger partial charge in [0.25, 0.3) is 0 Å². The van der Waals surface area contributed by atoms with E-state index in [9.17, 15) is 47.9 Å². The quantitative estimate of drug-likeness (QED) is 0.253. The fraction of sp³-hybridized carbons (Fsp3) is 0.500. The molecule has 15 heteroatoms. The van der Waals surface area contributed by atoms with Crippen LogP contribution < -0.4 is 0 Å². The second kappa shape index (κ2) is 8.13. The lowest BCUT2D eigenvalue weighted by Gasteiger charge is -2.41. The molecule has 2 aliphatic heterocycles. The summed E-state index contributed by atoms with van der Waals surface area (Å²) in [5.41, 5.74) is -2.62. The highest BCUT2D eigenvalue weighted by atomic mass is 32.2. The first kappa shape index (κ1) is 27.3. The number of rotatable bonds is 8. The highest BCUT2D eigenvalue weighted by molar-refractivity contribution is 7.88. The molecule has 0 spiro atoms. The number of halogens is 9. The van der Waals surface area contributed by atoms with E-state index in [1.165, 1.54) is 26.0 Å². The molecule has 1 aromatic carbocycles. The first-order valence-electron chi connectivity index (χ1n) is 9.62. The van der Waals surface area contributed by atoms with E-state index in [1.807, 2.05) is 0 Å². The Morgan fingerprint density at radius 2 is 1.49 bits per heavy atom. The molecule has 0 saturated heterocycles. The van der Waals surface area contributed by atoms with Crippen LogP contribution in [-0.2, 0) is 30.4 Å². The standard InChI is InChI=1S/C20H17F9O5S/c1-15-8-9-16(2,34-15)14(32-11-12-6-4-3-5-7-12)13(10-15)33-35(30,31)20(28,29)18(23,24)17(21,22)19(25,26)27/h3-10,14H,11H2,1-2H3/t14-,15+,16-/m1/s1. The first-order chi connectivity index (χ1) is 15.7. The van der Waals surface area contributed by atoms with Crippen molar-refractivity contribution < 1.29 is 61.6 Å². The molecular weight excluding hydrogens is 523 g/mol. The van der Waals surface area contributed by atoms with Crippen LogP contribution in [0, 0.1) is 0 Å². The summed E-state index contributed by atoms with van der Waals surface area (Å²) >= 11 is 0. The Morgan fingerprint density at radius 3 is 2.03 bits per heavy atom. The number of benzene rings is 1. The fourth-order valence-electron chi connectivity index (χ4n) is 3.50. The average molecular weight is 540 g/mol. The van der Waals surface area contributed by atoms with Gasteiger partial charge in [0, 0.05) is 0 Å². The molecule has 5 nitrogen and oxygen atoms in total. The Labute approximate surface area is 193 Å². The molecular formula is C20H17F9O5S. The van der Waals surface area contributed by atoms with E-state index in [-0.39, 0.29) is 6.61 Å². The summed E-state index contributed by atoms with van der Waals surface area (Å²) in [5.74, 6) is -15.9. The second-order valence-electron chi connectivity index (χ2n) is 8.23. The number of hydrogen-bond acceptors (Lipinski definition) is 5. The number of alkyl halides is 9. The summed E-state index contributed by atoms with van der Waals surface area (Å²) in [7, 11) is -7.14. The molecule has 3 atom stereocenters. The van der Waals surface area contributed by atoms with Crippen LogP contribution in [0.2, 0.25) is 0 Å². The van der Waals surface area contributed by atoms with Crippen molar-refractivity contribution in [1.29, 1.82) is 0 Å². The van der Waals surface area contributed by atoms with E-state index >= 15 is 0 Å². The van der Waals surface area contributed by atoms with Crippen molar-refractivity contribution in [2.75, 3.05) is 0 Å². The molecule has 0 radical (unpaired) electrons. The van der Waals surface area contributed by atoms with E-state index in [1.54, 1.807) is 30.3 Å². The Bertz CT molecular complexity index is 1130. The van der Waals surface area contributed by atoms with Gasteiger partial charge >= 0.3 is 33.4 Å². The molecule has 1 aromatic rings. The number of ether oxygens (including phenoxy) is 2. The van der Waals surface area contributed by atoms with Crippen LogP contribution in [0.5, 0.6) is 0 Å². The van der Waals surface area contributed by atoms with Crippen LogP contribution in [0.15, 0.2) is 54.3 Å². The molecule has 2 bridgehead atoms. The molecule has 0 unspecified atom stereocenters. The topological polar surface area (TPSA) is 61.8 Å². The third-order valence-electron chi connectivity index (χ3n) is 5.29. The van der Waals surface area contributed by atoms with Gasteiger partial charge in [-0.1, -0.05) is 42.5 Å². The molecule has 0 aromatic heterocycles. The van der Waals surface area contributed by atoms with E-state index in [0.717, 1.165) is 6.08 Å². The molecule has 0 saturated carbocycles. The van der Waals surface area contributed by atoms with Gasteiger partial charge in [-0.05, 0) is 25.5 Å². The summed E-state index contributed by atoms with van der Waals surface area (Å²) in [6, 6.07) is 7.99. The average Bonchev–Trinajstić information content (AvgIpc) is 2.97. The van der Waals surface area contributed by atoms with Gasteiger partial charge < -0.3 is 13.7 Å². The fourth-order valence-corrected chi connectivity index (χ4v) is 4.43. The van der Waals surface area contributed by atoms with Gasteiger partial charge in [-0.15, -0.1) is 0 Å². The zero-order valence-corrected chi connectivity index (χ0v) is 18.6. The lowest BCUT2D eigenvalue weighted by molar-refractivity contribution is -0.382. The van der Waals surface area contributed by atoms with Crippen LogP contribution in [0.1, 0.15) is 19.4 Å². The first-order valence-corrected chi connectivity index (χ1v) is 11.0. The van der Waals surface area contributed by atoms with Crippen LogP contribution in [0.3, 0.4) is 0 Å². The highest BCUT2D eigenvalue weighted by Crippen LogP contribution is 2.55. The summed E-state index contributed by atoms with van der Waals surface area (Å²) in [5, 5.41) is -7.00. The molecule has 0 amide bonds. The van der Waals surface area contributed by atoms with Crippen molar-refractivity contribution in [3.05, 3.63) is 59.9 Å². The predicted octanol–water partition coefficient (Wildman–Crippen LogP) is 5.35. The van der Waals surface area contributed by atoms with Gasteiger partial charge in [0.2, 0.25) is 0 Å². The maximum atomic E-state index is 14.2. The monoisotopic (exact) mass is 540 g/mol. The smallest absolute Gasteiger partial charge is 0.380 e. The van der Waals surface area contributed by atoms with Gasteiger partial charge in [-0.3, -0.25) is 0 Å². The number of fused-ring (bicyclic) bond motifs is 2. The van der Waals surface area contributed by atoms with E-state index in [4.69, 9.17) is 9.47 Å². The van der Waals surface area contributed by atoms with Crippen molar-refractivity contribution in [3.63, 3.8) is 0 Å². The maximum Gasteiger partial charge on any atom is 0.460 e. The normalized spacial score (nSPS) is 27.6. The van der Waals surface area contributed by atoms with E-state index in [2.05, 4.69) is 4.18 Å². The Kier molecular flexibility index (Phi) is 6.35. The van der Waals surface area contributed by atoms with Crippen molar-refractivity contribution in [2.45, 2.75) is 61.0 Å². The van der Waals surface area contributed by atoms with Crippen molar-refractivity contribution in [2.24, 2.45) is 0 Å². The maximum absolute atomic E-state index is 14.2. The van der Waals surface area contributed by atoms with Gasteiger partial charge in [0.1, 0.15) is 17.3 Å². The number of hydrogen-bond donors (Lipinski definition) is 0. The molecule has 35 heavy (non-hydrogen) atoms. The minimum Gasteiger partial charge on any atom is -0.380 e. The second-order valence-corrected chi connectivity index (χ2v) is 9.81. The Morgan fingerprint density at radius 1 is 0.914 bits per heavy atom. The Balaban J connectivity index is 1.98. The van der Waals surface area contributed by atoms with Crippen molar-refractivity contribution in [3.8, 4) is 0 Å². The zero-order valence-electron chi connectivity index (χ0n) is 17.8. The zero-order chi connectivity index (χ0) is 26.7. The molecule has 0 N–H and O–H groups in total. The summed E-state index contributed by atoms with van der Waals surface area (Å²) in [4.78, 5) is 0. The lowest BCUT2D eigenvalue weighted by atomic mass is 9.95. The van der Waals surface area contributed by atoms with Gasteiger partial charge in [-0.25, -0.2) is 0 Å². The third kappa shape index (κ3) is 4.42. The van der Waals surface area contributed by atoms with Crippen LogP contribution in [-0.4, -0.2) is 49.0 Å². The molecule has 0 fully saturated rings. The molecule has 196 valence electrons. The largest absolute Gasteiger partial charge is 0.460 e. The minimum atomic E-state index is -7.42. The highest BCUT2D eigenvalue weighted by Gasteiger charge is 2.86. The van der Waals surface area contributed by atoms with Crippen molar-refractivity contribution >= 4 is 10.1 Å². The molecule has 2 heterocycles. The summed E-state index contributed by atoms with van der Waals surface area (Å²) in [6.07, 6.45) is -5.47. The summed E-state index contributed by atoms with van der Waals surface area (Å²) < 4.78 is 159. The predicted molar refractivity (Wildman–Crippen MR) is 101 cm³/mol. The lowest BCUT2D eigenvalue weighted by Crippen LogP contribution is -2.63. The van der Waals surface area contributed by atoms with Gasteiger partial charge in [0.15, 0.2) is 5.76 Å². The third-order valence-corrected chi connectivity index (χ3v) is 6.58. The van der Waals surface area contributed by atoms with Crippen molar-refractivity contribution in [1.82, 2.24) is 0 Å². The molecule has 3 rings (SSSR count). The molecule has 0 aliphatic carbocycles.